The second kappa shape index (κ2) is 7.77. The Balaban J connectivity index is 2.25. The smallest absolute Gasteiger partial charge is 0.324 e. The first-order chi connectivity index (χ1) is 11.4. The third-order valence-corrected chi connectivity index (χ3v) is 3.57. The van der Waals surface area contributed by atoms with E-state index < -0.39 is 6.03 Å². The van der Waals surface area contributed by atoms with Crippen LogP contribution in [-0.4, -0.2) is 23.9 Å². The molecule has 0 fully saturated rings. The largest absolute Gasteiger partial charge is 0.327 e. The lowest BCUT2D eigenvalue weighted by Gasteiger charge is -2.28. The minimum absolute atomic E-state index is 0.159. The summed E-state index contributed by atoms with van der Waals surface area (Å²) in [4.78, 5) is 25.1. The van der Waals surface area contributed by atoms with E-state index in [9.17, 15) is 9.59 Å². The van der Waals surface area contributed by atoms with Crippen LogP contribution in [0.1, 0.15) is 37.9 Å². The highest BCUT2D eigenvalue weighted by Gasteiger charge is 2.24. The Morgan fingerprint density at radius 3 is 1.83 bits per heavy atom. The van der Waals surface area contributed by atoms with Crippen LogP contribution in [0.2, 0.25) is 0 Å². The lowest BCUT2D eigenvalue weighted by Crippen LogP contribution is -2.44. The van der Waals surface area contributed by atoms with Crippen LogP contribution < -0.4 is 5.32 Å². The summed E-state index contributed by atoms with van der Waals surface area (Å²) in [6.07, 6.45) is 0.591. The van der Waals surface area contributed by atoms with Gasteiger partial charge in [-0.15, -0.1) is 0 Å². The molecule has 0 spiro atoms. The average molecular weight is 324 g/mol. The molecule has 24 heavy (non-hydrogen) atoms. The van der Waals surface area contributed by atoms with Crippen molar-refractivity contribution in [3.05, 3.63) is 71.8 Å². The average Bonchev–Trinajstić information content (AvgIpc) is 2.58. The van der Waals surface area contributed by atoms with Gasteiger partial charge in [-0.25, -0.2) is 4.79 Å². The fourth-order valence-electron chi connectivity index (χ4n) is 2.52. The van der Waals surface area contributed by atoms with Crippen LogP contribution in [0.5, 0.6) is 0 Å². The van der Waals surface area contributed by atoms with Gasteiger partial charge in [0.05, 0.1) is 6.04 Å². The van der Waals surface area contributed by atoms with E-state index in [0.717, 1.165) is 11.1 Å². The van der Waals surface area contributed by atoms with Gasteiger partial charge in [0.15, 0.2) is 0 Å². The molecule has 0 radical (unpaired) electrons. The molecular formula is C20H24N2O2. The van der Waals surface area contributed by atoms with E-state index in [1.165, 1.54) is 4.90 Å². The lowest BCUT2D eigenvalue weighted by molar-refractivity contribution is -0.116. The maximum Gasteiger partial charge on any atom is 0.324 e. The molecule has 0 atom stereocenters. The monoisotopic (exact) mass is 324 g/mol. The first kappa shape index (κ1) is 17.7. The van der Waals surface area contributed by atoms with Crippen molar-refractivity contribution in [2.24, 2.45) is 5.41 Å². The predicted molar refractivity (Wildman–Crippen MR) is 95.5 cm³/mol. The standard InChI is InChI=1S/C20H24N2O2/c1-20(2,3)14-22(15-23)19(24)21-18(16-10-6-4-7-11-16)17-12-8-5-9-13-17/h4-13,15,18H,14H2,1-3H3,(H,21,24). The Morgan fingerprint density at radius 2 is 1.46 bits per heavy atom. The molecule has 0 aliphatic rings. The van der Waals surface area contributed by atoms with E-state index in [4.69, 9.17) is 0 Å². The second-order valence-electron chi connectivity index (χ2n) is 7.00. The fourth-order valence-corrected chi connectivity index (χ4v) is 2.52. The number of carbonyl (C=O) groups is 2. The SMILES string of the molecule is CC(C)(C)CN(C=O)C(=O)NC(c1ccccc1)c1ccccc1. The number of nitrogens with one attached hydrogen (secondary N) is 1. The van der Waals surface area contributed by atoms with E-state index in [2.05, 4.69) is 5.32 Å². The Bertz CT molecular complexity index is 624. The van der Waals surface area contributed by atoms with Crippen LogP contribution in [0.3, 0.4) is 0 Å². The molecule has 4 nitrogen and oxygen atoms in total. The summed E-state index contributed by atoms with van der Waals surface area (Å²) >= 11 is 0. The number of imide groups is 1. The van der Waals surface area contributed by atoms with Crippen molar-refractivity contribution in [1.82, 2.24) is 10.2 Å². The van der Waals surface area contributed by atoms with Crippen LogP contribution in [0.15, 0.2) is 60.7 Å². The van der Waals surface area contributed by atoms with Crippen LogP contribution in [0.25, 0.3) is 0 Å². The van der Waals surface area contributed by atoms with Gasteiger partial charge in [-0.05, 0) is 16.5 Å². The third kappa shape index (κ3) is 4.95. The van der Waals surface area contributed by atoms with E-state index in [-0.39, 0.29) is 11.5 Å². The molecule has 126 valence electrons. The lowest BCUT2D eigenvalue weighted by atomic mass is 9.96. The Labute approximate surface area is 143 Å². The van der Waals surface area contributed by atoms with Gasteiger partial charge >= 0.3 is 6.03 Å². The molecule has 2 aromatic carbocycles. The normalized spacial score (nSPS) is 11.2. The number of nitrogens with zero attached hydrogens (tertiary/aromatic N) is 1. The summed E-state index contributed by atoms with van der Waals surface area (Å²) in [5.41, 5.74) is 1.78. The van der Waals surface area contributed by atoms with E-state index in [1.54, 1.807) is 0 Å². The molecule has 1 N–H and O–H groups in total. The van der Waals surface area contributed by atoms with Gasteiger partial charge in [0, 0.05) is 6.54 Å². The Kier molecular flexibility index (Phi) is 5.74. The molecule has 3 amide bonds. The first-order valence-electron chi connectivity index (χ1n) is 8.03. The second-order valence-corrected chi connectivity index (χ2v) is 7.00. The molecule has 0 aliphatic carbocycles. The van der Waals surface area contributed by atoms with Crippen molar-refractivity contribution in [3.63, 3.8) is 0 Å². The molecule has 4 heteroatoms. The van der Waals surface area contributed by atoms with Gasteiger partial charge in [0.1, 0.15) is 0 Å². The van der Waals surface area contributed by atoms with Gasteiger partial charge < -0.3 is 5.32 Å². The molecule has 0 saturated carbocycles. The van der Waals surface area contributed by atoms with Gasteiger partial charge in [-0.1, -0.05) is 81.4 Å². The highest BCUT2D eigenvalue weighted by Crippen LogP contribution is 2.22. The molecule has 2 rings (SSSR count). The molecular weight excluding hydrogens is 300 g/mol. The van der Waals surface area contributed by atoms with Crippen LogP contribution in [0, 0.1) is 5.41 Å². The molecule has 0 unspecified atom stereocenters. The van der Waals surface area contributed by atoms with Crippen LogP contribution >= 0.6 is 0 Å². The van der Waals surface area contributed by atoms with Gasteiger partial charge in [-0.2, -0.15) is 0 Å². The van der Waals surface area contributed by atoms with Crippen molar-refractivity contribution < 1.29 is 9.59 Å². The number of carbonyl (C=O) groups excluding carboxylic acids is 2. The van der Waals surface area contributed by atoms with Crippen LogP contribution in [-0.2, 0) is 4.79 Å². The summed E-state index contributed by atoms with van der Waals surface area (Å²) in [5, 5.41) is 2.98. The zero-order valence-electron chi connectivity index (χ0n) is 14.4. The zero-order valence-corrected chi connectivity index (χ0v) is 14.4. The number of rotatable bonds is 5. The summed E-state index contributed by atoms with van der Waals surface area (Å²) < 4.78 is 0. The molecule has 0 aromatic heterocycles. The molecule has 0 saturated heterocycles. The summed E-state index contributed by atoms with van der Waals surface area (Å²) in [6.45, 7) is 6.33. The van der Waals surface area contributed by atoms with Crippen molar-refractivity contribution in [1.29, 1.82) is 0 Å². The van der Waals surface area contributed by atoms with Crippen molar-refractivity contribution in [2.45, 2.75) is 26.8 Å². The number of hydrogen-bond donors (Lipinski definition) is 1. The number of benzene rings is 2. The summed E-state index contributed by atoms with van der Waals surface area (Å²) in [5.74, 6) is 0. The molecule has 0 heterocycles. The maximum absolute atomic E-state index is 12.6. The Hall–Kier alpha value is -2.62. The van der Waals surface area contributed by atoms with E-state index in [1.807, 2.05) is 81.4 Å². The topological polar surface area (TPSA) is 49.4 Å². The van der Waals surface area contributed by atoms with E-state index >= 15 is 0 Å². The van der Waals surface area contributed by atoms with Crippen molar-refractivity contribution in [3.8, 4) is 0 Å². The fraction of sp³-hybridized carbons (Fsp3) is 0.300. The number of hydrogen-bond acceptors (Lipinski definition) is 2. The first-order valence-corrected chi connectivity index (χ1v) is 8.03. The van der Waals surface area contributed by atoms with E-state index in [0.29, 0.717) is 13.0 Å². The quantitative estimate of drug-likeness (QED) is 0.845. The summed E-state index contributed by atoms with van der Waals surface area (Å²) in [6, 6.07) is 18.8. The molecule has 0 bridgehead atoms. The number of amides is 3. The predicted octanol–water partition coefficient (Wildman–Crippen LogP) is 3.99. The highest BCUT2D eigenvalue weighted by atomic mass is 16.2. The molecule has 0 aliphatic heterocycles. The summed E-state index contributed by atoms with van der Waals surface area (Å²) in [7, 11) is 0. The highest BCUT2D eigenvalue weighted by molar-refractivity contribution is 5.85. The zero-order chi connectivity index (χ0) is 17.6. The van der Waals surface area contributed by atoms with Crippen LogP contribution in [0.4, 0.5) is 4.79 Å². The van der Waals surface area contributed by atoms with Crippen molar-refractivity contribution in [2.75, 3.05) is 6.54 Å². The minimum Gasteiger partial charge on any atom is -0.327 e. The number of urea groups is 1. The molecule has 2 aromatic rings. The maximum atomic E-state index is 12.6. The Morgan fingerprint density at radius 1 is 1.00 bits per heavy atom. The third-order valence-electron chi connectivity index (χ3n) is 3.57. The van der Waals surface area contributed by atoms with Crippen molar-refractivity contribution >= 4 is 12.4 Å². The van der Waals surface area contributed by atoms with Gasteiger partial charge in [-0.3, -0.25) is 9.69 Å². The minimum atomic E-state index is -0.391. The van der Waals surface area contributed by atoms with Gasteiger partial charge in [0.25, 0.3) is 0 Å². The van der Waals surface area contributed by atoms with Gasteiger partial charge in [0.2, 0.25) is 6.41 Å².